The Bertz CT molecular complexity index is 1510. The van der Waals surface area contributed by atoms with E-state index in [2.05, 4.69) is 35.7 Å². The highest BCUT2D eigenvalue weighted by molar-refractivity contribution is 5.83. The van der Waals surface area contributed by atoms with E-state index in [4.69, 9.17) is 20.4 Å². The van der Waals surface area contributed by atoms with E-state index in [-0.39, 0.29) is 24.2 Å². The van der Waals surface area contributed by atoms with Crippen LogP contribution in [0, 0.1) is 0 Å². The lowest BCUT2D eigenvalue weighted by Crippen LogP contribution is -2.29. The van der Waals surface area contributed by atoms with Gasteiger partial charge in [0.05, 0.1) is 19.5 Å². The maximum atomic E-state index is 10.7. The second kappa shape index (κ2) is 12.0. The van der Waals surface area contributed by atoms with Crippen molar-refractivity contribution in [2.75, 3.05) is 11.1 Å². The molecule has 1 fully saturated rings. The number of aliphatic carboxylic acids is 1. The average molecular weight is 583 g/mol. The number of aryl methyl sites for hydroxylation is 1. The number of fused-ring (bicyclic) bond motifs is 1. The van der Waals surface area contributed by atoms with Gasteiger partial charge in [-0.25, -0.2) is 9.78 Å². The highest BCUT2D eigenvalue weighted by atomic mass is 19.4. The number of hydrogen-bond donors (Lipinski definition) is 6. The third-order valence-electron chi connectivity index (χ3n) is 5.93. The van der Waals surface area contributed by atoms with Gasteiger partial charge < -0.3 is 36.2 Å². The quantitative estimate of drug-likeness (QED) is 0.170. The van der Waals surface area contributed by atoms with Crippen molar-refractivity contribution in [1.82, 2.24) is 39.7 Å². The minimum Gasteiger partial charge on any atom is -0.475 e. The third kappa shape index (κ3) is 6.32. The smallest absolute Gasteiger partial charge is 0.475 e. The second-order valence-electron chi connectivity index (χ2n) is 8.60. The minimum absolute atomic E-state index is 0.0894. The van der Waals surface area contributed by atoms with Gasteiger partial charge in [-0.05, 0) is 23.3 Å². The number of aliphatic hydroxyl groups is 3. The Morgan fingerprint density at radius 2 is 1.85 bits per heavy atom. The molecule has 1 aliphatic rings. The van der Waals surface area contributed by atoms with Crippen molar-refractivity contribution in [3.63, 3.8) is 0 Å². The van der Waals surface area contributed by atoms with Crippen molar-refractivity contribution in [3.8, 4) is 0 Å². The normalized spacial score (nSPS) is 20.6. The van der Waals surface area contributed by atoms with Gasteiger partial charge in [0.1, 0.15) is 17.7 Å². The summed E-state index contributed by atoms with van der Waals surface area (Å²) in [6.45, 7) is 2.62. The van der Waals surface area contributed by atoms with Crippen LogP contribution in [0.3, 0.4) is 0 Å². The van der Waals surface area contributed by atoms with Gasteiger partial charge in [-0.1, -0.05) is 24.3 Å². The Balaban J connectivity index is 0.000000493. The molecule has 220 valence electrons. The van der Waals surface area contributed by atoms with Crippen LogP contribution >= 0.6 is 0 Å². The number of imidazole rings is 1. The number of anilines is 2. The van der Waals surface area contributed by atoms with E-state index < -0.39 is 36.7 Å². The zero-order chi connectivity index (χ0) is 29.9. The molecule has 1 aromatic carbocycles. The number of nitrogens with zero attached hydrogens (tertiary/aromatic N) is 8. The van der Waals surface area contributed by atoms with Gasteiger partial charge in [-0.2, -0.15) is 27.9 Å². The highest BCUT2D eigenvalue weighted by Crippen LogP contribution is 2.38. The Morgan fingerprint density at radius 3 is 2.46 bits per heavy atom. The number of nitrogen functional groups attached to an aromatic ring is 1. The summed E-state index contributed by atoms with van der Waals surface area (Å²) < 4.78 is 39.1. The van der Waals surface area contributed by atoms with Crippen LogP contribution in [0.4, 0.5) is 24.9 Å². The third-order valence-corrected chi connectivity index (χ3v) is 5.93. The number of nitrogens with two attached hydrogens (primary N) is 1. The van der Waals surface area contributed by atoms with Gasteiger partial charge in [0.15, 0.2) is 23.8 Å². The number of halogens is 3. The number of rotatable bonds is 7. The zero-order valence-electron chi connectivity index (χ0n) is 21.2. The number of benzene rings is 1. The van der Waals surface area contributed by atoms with E-state index >= 15 is 0 Å². The molecule has 0 bridgehead atoms. The first kappa shape index (κ1) is 29.5. The first-order valence-corrected chi connectivity index (χ1v) is 12.0. The number of nitrogens with one attached hydrogen (secondary N) is 1. The van der Waals surface area contributed by atoms with Gasteiger partial charge in [0.2, 0.25) is 11.8 Å². The Hall–Kier alpha value is -4.46. The molecule has 1 saturated heterocycles. The van der Waals surface area contributed by atoms with E-state index in [1.807, 2.05) is 31.2 Å². The molecule has 4 heterocycles. The van der Waals surface area contributed by atoms with Gasteiger partial charge in [0, 0.05) is 6.54 Å². The number of carboxylic acids is 1. The summed E-state index contributed by atoms with van der Waals surface area (Å²) in [7, 11) is 0. The van der Waals surface area contributed by atoms with Crippen LogP contribution < -0.4 is 11.1 Å². The number of aliphatic hydroxyl groups excluding tert-OH is 3. The summed E-state index contributed by atoms with van der Waals surface area (Å²) in [5.41, 5.74) is 8.40. The predicted molar refractivity (Wildman–Crippen MR) is 131 cm³/mol. The van der Waals surface area contributed by atoms with Crippen LogP contribution in [-0.4, -0.2) is 84.5 Å². The maximum Gasteiger partial charge on any atom is 0.490 e. The second-order valence-corrected chi connectivity index (χ2v) is 8.60. The Morgan fingerprint density at radius 1 is 1.17 bits per heavy atom. The van der Waals surface area contributed by atoms with Gasteiger partial charge in [0.25, 0.3) is 0 Å². The van der Waals surface area contributed by atoms with Crippen LogP contribution in [-0.2, 0) is 29.2 Å². The topological polar surface area (TPSA) is 232 Å². The molecule has 4 aromatic rings. The highest BCUT2D eigenvalue weighted by Gasteiger charge is 2.47. The Kier molecular flexibility index (Phi) is 8.61. The molecule has 0 aliphatic carbocycles. The fourth-order valence-electron chi connectivity index (χ4n) is 3.87. The molecule has 0 unspecified atom stereocenters. The van der Waals surface area contributed by atoms with Crippen LogP contribution in [0.15, 0.2) is 30.6 Å². The predicted octanol–water partition coefficient (Wildman–Crippen LogP) is 0.144. The van der Waals surface area contributed by atoms with Crippen LogP contribution in [0.5, 0.6) is 0 Å². The fraction of sp³-hybridized carbons (Fsp3) is 0.409. The van der Waals surface area contributed by atoms with Crippen molar-refractivity contribution < 1.29 is 43.1 Å². The number of hydrogen-bond acceptors (Lipinski definition) is 13. The van der Waals surface area contributed by atoms with Gasteiger partial charge >= 0.3 is 12.1 Å². The Labute approximate surface area is 228 Å². The molecule has 5 rings (SSSR count). The molecule has 0 radical (unpaired) electrons. The number of carboxylic acid groups (broad SMARTS) is 1. The molecule has 7 N–H and O–H groups in total. The number of alkyl halides is 3. The largest absolute Gasteiger partial charge is 0.490 e. The molecule has 1 aliphatic heterocycles. The molecule has 16 nitrogen and oxygen atoms in total. The molecule has 4 atom stereocenters. The average Bonchev–Trinajstić information content (AvgIpc) is 3.66. The SMILES string of the molecule is CCn1nnc([C@H]2O[C@@H](n3cnc4c(N)nc(NCc5ccccc5CO)nc43)[C@H](O)[C@@H]2O)n1.O=C(O)C(F)(F)F. The van der Waals surface area contributed by atoms with Crippen molar-refractivity contribution in [2.45, 2.75) is 57.3 Å². The summed E-state index contributed by atoms with van der Waals surface area (Å²) in [4.78, 5) is 23.3. The summed E-state index contributed by atoms with van der Waals surface area (Å²) in [6, 6.07) is 7.44. The monoisotopic (exact) mass is 582 g/mol. The standard InChI is InChI=1S/C20H24N10O4.C2HF3O2/c1-2-30-27-17(26-28-30)15-13(32)14(33)19(34-15)29-9-23-12-16(21)24-20(25-18(12)29)22-7-10-5-3-4-6-11(10)8-31;3-2(4,5)1(6)7/h3-6,9,13-15,19,31-33H,2,7-8H2,1H3,(H3,21,22,24,25);(H,6,7)/t13-,14+,15-,19+;/m0./s1. The lowest BCUT2D eigenvalue weighted by atomic mass is 10.1. The molecular formula is C22H25F3N10O6. The number of ether oxygens (including phenoxy) is 1. The van der Waals surface area contributed by atoms with Gasteiger partial charge in [-0.15, -0.1) is 10.2 Å². The number of tetrazole rings is 1. The van der Waals surface area contributed by atoms with E-state index in [1.165, 1.54) is 15.7 Å². The minimum atomic E-state index is -5.08. The summed E-state index contributed by atoms with van der Waals surface area (Å²) >= 11 is 0. The molecule has 19 heteroatoms. The lowest BCUT2D eigenvalue weighted by molar-refractivity contribution is -0.192. The maximum absolute atomic E-state index is 10.7. The van der Waals surface area contributed by atoms with Crippen molar-refractivity contribution >= 4 is 28.9 Å². The molecule has 0 amide bonds. The summed E-state index contributed by atoms with van der Waals surface area (Å²) in [5.74, 6) is -2.22. The molecule has 3 aromatic heterocycles. The zero-order valence-corrected chi connectivity index (χ0v) is 21.2. The first-order valence-electron chi connectivity index (χ1n) is 12.0. The number of aromatic nitrogens is 8. The van der Waals surface area contributed by atoms with Gasteiger partial charge in [-0.3, -0.25) is 4.57 Å². The van der Waals surface area contributed by atoms with E-state index in [0.717, 1.165) is 11.1 Å². The van der Waals surface area contributed by atoms with E-state index in [9.17, 15) is 28.5 Å². The molecular weight excluding hydrogens is 557 g/mol. The van der Waals surface area contributed by atoms with Crippen LogP contribution in [0.2, 0.25) is 0 Å². The summed E-state index contributed by atoms with van der Waals surface area (Å²) in [6.07, 6.45) is -8.26. The number of carbonyl (C=O) groups is 1. The van der Waals surface area contributed by atoms with Crippen molar-refractivity contribution in [2.24, 2.45) is 0 Å². The molecule has 0 saturated carbocycles. The van der Waals surface area contributed by atoms with E-state index in [0.29, 0.717) is 24.3 Å². The van der Waals surface area contributed by atoms with Crippen molar-refractivity contribution in [3.05, 3.63) is 47.5 Å². The summed E-state index contributed by atoms with van der Waals surface area (Å²) in [5, 5.41) is 53.0. The van der Waals surface area contributed by atoms with Crippen molar-refractivity contribution in [1.29, 1.82) is 0 Å². The fourth-order valence-corrected chi connectivity index (χ4v) is 3.87. The van der Waals surface area contributed by atoms with Crippen LogP contribution in [0.25, 0.3) is 11.2 Å². The van der Waals surface area contributed by atoms with Crippen LogP contribution in [0.1, 0.15) is 36.2 Å². The molecule has 0 spiro atoms. The van der Waals surface area contributed by atoms with E-state index in [1.54, 1.807) is 0 Å². The first-order chi connectivity index (χ1) is 19.4. The molecule has 41 heavy (non-hydrogen) atoms. The lowest BCUT2D eigenvalue weighted by Gasteiger charge is -2.17.